The topological polar surface area (TPSA) is 123 Å². The molecule has 10 heteroatoms. The Balaban J connectivity index is 0.00000371. The van der Waals surface area contributed by atoms with Gasteiger partial charge >= 0.3 is 6.03 Å². The summed E-state index contributed by atoms with van der Waals surface area (Å²) in [5.41, 5.74) is 0. The predicted molar refractivity (Wildman–Crippen MR) is 157 cm³/mol. The molecule has 0 saturated carbocycles. The van der Waals surface area contributed by atoms with E-state index in [-0.39, 0.29) is 6.03 Å². The third kappa shape index (κ3) is 17.7. The molecule has 0 aliphatic carbocycles. The van der Waals surface area contributed by atoms with Gasteiger partial charge < -0.3 is 20.7 Å². The molecule has 0 aromatic heterocycles. The van der Waals surface area contributed by atoms with Crippen molar-refractivity contribution in [2.75, 3.05) is 32.6 Å². The van der Waals surface area contributed by atoms with Crippen LogP contribution in [0.5, 0.6) is 0 Å². The van der Waals surface area contributed by atoms with Gasteiger partial charge in [-0.25, -0.2) is 14.6 Å². The number of fused-ring (bicyclic) bond motifs is 1. The summed E-state index contributed by atoms with van der Waals surface area (Å²) in [4.78, 5) is 52.8. The predicted octanol–water partition coefficient (Wildman–Crippen LogP) is 4.90. The maximum absolute atomic E-state index is 12.1. The van der Waals surface area contributed by atoms with Crippen LogP contribution >= 0.6 is 11.8 Å². The molecule has 2 fully saturated rings. The number of thioether (sulfide) groups is 1. The van der Waals surface area contributed by atoms with Crippen LogP contribution in [-0.4, -0.2) is 74.3 Å². The summed E-state index contributed by atoms with van der Waals surface area (Å²) in [7, 11) is 1.52. The van der Waals surface area contributed by atoms with E-state index in [1.807, 2.05) is 18.6 Å². The monoisotopic (exact) mass is 571 g/mol. The molecule has 2 heterocycles. The van der Waals surface area contributed by atoms with E-state index < -0.39 is 0 Å². The number of hydrogen-bond donors (Lipinski definition) is 3. The van der Waals surface area contributed by atoms with Gasteiger partial charge in [0.1, 0.15) is 18.4 Å². The largest absolute Gasteiger partial charge is 0.332 e. The molecule has 2 rings (SSSR count). The second-order valence-corrected chi connectivity index (χ2v) is 11.7. The normalized spacial score (nSPS) is 19.6. The third-order valence-corrected chi connectivity index (χ3v) is 8.81. The molecule has 226 valence electrons. The summed E-state index contributed by atoms with van der Waals surface area (Å²) in [6.07, 6.45) is 16.3. The Hall–Kier alpha value is -1.49. The van der Waals surface area contributed by atoms with E-state index in [1.165, 1.54) is 26.4 Å². The molecule has 2 aliphatic heterocycles. The first-order chi connectivity index (χ1) is 19.1. The maximum Gasteiger partial charge on any atom is 0.315 e. The van der Waals surface area contributed by atoms with Gasteiger partial charge in [-0.2, -0.15) is 11.8 Å². The minimum Gasteiger partial charge on any atom is -0.332 e. The number of carbonyl (C=O) groups excluding carboxylic acids is 4. The van der Waals surface area contributed by atoms with Crippen molar-refractivity contribution >= 4 is 36.1 Å². The number of amides is 2. The number of unbranched alkanes of at least 4 members (excludes halogenated alkanes) is 8. The van der Waals surface area contributed by atoms with E-state index >= 15 is 0 Å². The average Bonchev–Trinajstić information content (AvgIpc) is 3.49. The van der Waals surface area contributed by atoms with Crippen LogP contribution in [0.25, 0.3) is 0 Å². The molecule has 39 heavy (non-hydrogen) atoms. The van der Waals surface area contributed by atoms with Gasteiger partial charge in [0.05, 0.1) is 25.8 Å². The first-order valence-corrected chi connectivity index (χ1v) is 16.0. The summed E-state index contributed by atoms with van der Waals surface area (Å²) < 4.78 is 0. The van der Waals surface area contributed by atoms with Crippen LogP contribution < -0.4 is 16.0 Å². The molecule has 3 unspecified atom stereocenters. The Bertz CT molecular complexity index is 669. The molecule has 0 aromatic rings. The van der Waals surface area contributed by atoms with Crippen LogP contribution in [-0.2, 0) is 24.2 Å². The lowest BCUT2D eigenvalue weighted by molar-refractivity contribution is -0.272. The minimum atomic E-state index is -0.00405. The molecule has 3 atom stereocenters. The molecular formula is C29H53N3O6S. The van der Waals surface area contributed by atoms with E-state index in [9.17, 15) is 14.4 Å². The van der Waals surface area contributed by atoms with E-state index in [0.717, 1.165) is 83.1 Å². The SMILES string of the molecule is C=O.COOCCCCCCC(=O)CCCCCC(=O)CCCCCNCCCCC1SCC2NC(=O)NC21. The molecule has 2 aliphatic rings. The molecule has 0 radical (unpaired) electrons. The summed E-state index contributed by atoms with van der Waals surface area (Å²) in [6.45, 7) is 4.68. The van der Waals surface area contributed by atoms with Crippen molar-refractivity contribution in [3.63, 3.8) is 0 Å². The lowest BCUT2D eigenvalue weighted by Crippen LogP contribution is -2.36. The van der Waals surface area contributed by atoms with Crippen molar-refractivity contribution in [2.45, 2.75) is 126 Å². The van der Waals surface area contributed by atoms with Gasteiger partial charge in [0.15, 0.2) is 0 Å². The first-order valence-electron chi connectivity index (χ1n) is 15.0. The molecule has 9 nitrogen and oxygen atoms in total. The second-order valence-electron chi connectivity index (χ2n) is 10.5. The van der Waals surface area contributed by atoms with Crippen LogP contribution in [0.3, 0.4) is 0 Å². The van der Waals surface area contributed by atoms with Crippen molar-refractivity contribution in [3.05, 3.63) is 0 Å². The summed E-state index contributed by atoms with van der Waals surface area (Å²) in [5.74, 6) is 1.76. The highest BCUT2D eigenvalue weighted by Crippen LogP contribution is 2.32. The lowest BCUT2D eigenvalue weighted by Gasteiger charge is -2.16. The van der Waals surface area contributed by atoms with Crippen LogP contribution in [0.4, 0.5) is 4.79 Å². The van der Waals surface area contributed by atoms with Crippen LogP contribution in [0.1, 0.15) is 109 Å². The quantitative estimate of drug-likeness (QED) is 0.0612. The fraction of sp³-hybridized carbons (Fsp3) is 0.862. The van der Waals surface area contributed by atoms with Crippen molar-refractivity contribution < 1.29 is 29.0 Å². The molecule has 2 saturated heterocycles. The van der Waals surface area contributed by atoms with Crippen LogP contribution in [0.15, 0.2) is 0 Å². The van der Waals surface area contributed by atoms with E-state index in [1.54, 1.807) is 0 Å². The zero-order valence-corrected chi connectivity index (χ0v) is 25.0. The Morgan fingerprint density at radius 3 is 1.97 bits per heavy atom. The number of nitrogens with one attached hydrogen (secondary N) is 3. The number of hydrogen-bond acceptors (Lipinski definition) is 8. The van der Waals surface area contributed by atoms with Gasteiger partial charge in [0.2, 0.25) is 0 Å². The Morgan fingerprint density at radius 2 is 1.36 bits per heavy atom. The molecule has 0 spiro atoms. The van der Waals surface area contributed by atoms with Crippen molar-refractivity contribution in [3.8, 4) is 0 Å². The number of carbonyl (C=O) groups is 4. The third-order valence-electron chi connectivity index (χ3n) is 7.30. The molecular weight excluding hydrogens is 518 g/mol. The number of Topliss-reactive ketones (excluding diaryl/α,β-unsaturated/α-hetero) is 2. The standard InChI is InChI=1S/C28H51N3O5S.CH2O/c1-35-36-21-13-3-2-6-14-23(32)15-7-4-8-16-24(33)17-9-5-11-19-29-20-12-10-18-26-27-25(22-37-26)30-28(34)31-27;1-2/h25-27,29H,2-22H2,1H3,(H2,30,31,34);1H2. The Kier molecular flexibility index (Phi) is 22.2. The van der Waals surface area contributed by atoms with E-state index in [0.29, 0.717) is 61.2 Å². The smallest absolute Gasteiger partial charge is 0.315 e. The van der Waals surface area contributed by atoms with Gasteiger partial charge in [0, 0.05) is 36.7 Å². The second kappa shape index (κ2) is 24.3. The fourth-order valence-electron chi connectivity index (χ4n) is 5.10. The zero-order valence-electron chi connectivity index (χ0n) is 24.1. The van der Waals surface area contributed by atoms with Gasteiger partial charge in [0.25, 0.3) is 0 Å². The average molecular weight is 572 g/mol. The maximum atomic E-state index is 12.1. The highest BCUT2D eigenvalue weighted by Gasteiger charge is 2.42. The Labute approximate surface area is 240 Å². The molecule has 2 amide bonds. The Morgan fingerprint density at radius 1 is 0.821 bits per heavy atom. The highest BCUT2D eigenvalue weighted by atomic mass is 32.2. The summed E-state index contributed by atoms with van der Waals surface area (Å²) in [6, 6.07) is 0.633. The van der Waals surface area contributed by atoms with Crippen LogP contribution in [0.2, 0.25) is 0 Å². The molecule has 0 aromatic carbocycles. The van der Waals surface area contributed by atoms with E-state index in [4.69, 9.17) is 9.68 Å². The summed E-state index contributed by atoms with van der Waals surface area (Å²) >= 11 is 1.99. The van der Waals surface area contributed by atoms with Gasteiger partial charge in [-0.3, -0.25) is 9.59 Å². The molecule has 3 N–H and O–H groups in total. The number of rotatable bonds is 25. The number of urea groups is 1. The summed E-state index contributed by atoms with van der Waals surface area (Å²) in [5, 5.41) is 10.1. The highest BCUT2D eigenvalue weighted by molar-refractivity contribution is 8.00. The molecule has 0 bridgehead atoms. The van der Waals surface area contributed by atoms with Crippen molar-refractivity contribution in [1.29, 1.82) is 0 Å². The van der Waals surface area contributed by atoms with Gasteiger partial charge in [-0.15, -0.1) is 0 Å². The zero-order chi connectivity index (χ0) is 28.6. The van der Waals surface area contributed by atoms with Gasteiger partial charge in [-0.1, -0.05) is 32.1 Å². The lowest BCUT2D eigenvalue weighted by atomic mass is 10.0. The van der Waals surface area contributed by atoms with Crippen LogP contribution in [0, 0.1) is 0 Å². The first kappa shape index (κ1) is 35.5. The number of ketones is 2. The van der Waals surface area contributed by atoms with E-state index in [2.05, 4.69) is 20.8 Å². The van der Waals surface area contributed by atoms with Gasteiger partial charge in [-0.05, 0) is 64.5 Å². The fourth-order valence-corrected chi connectivity index (χ4v) is 6.65. The van der Waals surface area contributed by atoms with Crippen molar-refractivity contribution in [2.24, 2.45) is 0 Å². The minimum absolute atomic E-state index is 0.00405. The van der Waals surface area contributed by atoms with Crippen molar-refractivity contribution in [1.82, 2.24) is 16.0 Å².